The van der Waals surface area contributed by atoms with Gasteiger partial charge in [-0.05, 0) is 24.3 Å². The van der Waals surface area contributed by atoms with E-state index in [1.54, 1.807) is 11.1 Å². The third kappa shape index (κ3) is 5.70. The van der Waals surface area contributed by atoms with E-state index in [1.165, 1.54) is 0 Å². The summed E-state index contributed by atoms with van der Waals surface area (Å²) < 4.78 is 5.49. The first-order valence-corrected chi connectivity index (χ1v) is 9.10. The molecule has 2 amide bonds. The van der Waals surface area contributed by atoms with Gasteiger partial charge in [0.05, 0.1) is 19.6 Å². The summed E-state index contributed by atoms with van der Waals surface area (Å²) in [5.41, 5.74) is 0. The number of amides is 2. The average Bonchev–Trinajstić information content (AvgIpc) is 2.73. The Bertz CT molecular complexity index is 731. The Morgan fingerprint density at radius 3 is 2.44 bits per heavy atom. The molecule has 0 aliphatic carbocycles. The molecule has 1 fully saturated rings. The number of hydrogen-bond donors (Lipinski definition) is 1. The van der Waals surface area contributed by atoms with Crippen LogP contribution in [0.5, 0.6) is 5.75 Å². The molecule has 0 unspecified atom stereocenters. The van der Waals surface area contributed by atoms with Gasteiger partial charge in [-0.1, -0.05) is 24.3 Å². The van der Waals surface area contributed by atoms with Crippen LogP contribution in [0.15, 0.2) is 54.7 Å². The third-order valence-electron chi connectivity index (χ3n) is 4.38. The molecule has 3 rings (SSSR count). The third-order valence-corrected chi connectivity index (χ3v) is 4.38. The quantitative estimate of drug-likeness (QED) is 0.798. The molecule has 1 N–H and O–H groups in total. The maximum atomic E-state index is 12.3. The Kier molecular flexibility index (Phi) is 6.62. The second-order valence-corrected chi connectivity index (χ2v) is 6.24. The van der Waals surface area contributed by atoms with Crippen molar-refractivity contribution in [3.05, 3.63) is 54.7 Å². The molecule has 1 aliphatic heterocycles. The minimum atomic E-state index is -0.189. The fourth-order valence-electron chi connectivity index (χ4n) is 2.88. The Morgan fingerprint density at radius 2 is 1.74 bits per heavy atom. The second-order valence-electron chi connectivity index (χ2n) is 6.24. The van der Waals surface area contributed by atoms with Crippen LogP contribution < -0.4 is 15.0 Å². The van der Waals surface area contributed by atoms with Crippen LogP contribution in [0.3, 0.4) is 0 Å². The lowest BCUT2D eigenvalue weighted by Gasteiger charge is -2.35. The minimum Gasteiger partial charge on any atom is -0.493 e. The Labute approximate surface area is 158 Å². The molecule has 2 aromatic rings. The molecule has 1 aromatic carbocycles. The number of para-hydroxylation sites is 1. The lowest BCUT2D eigenvalue weighted by Crippen LogP contribution is -2.51. The molecule has 142 valence electrons. The predicted octanol–water partition coefficient (Wildman–Crippen LogP) is 1.32. The van der Waals surface area contributed by atoms with Crippen molar-refractivity contribution in [3.8, 4) is 5.75 Å². The van der Waals surface area contributed by atoms with Crippen molar-refractivity contribution in [2.75, 3.05) is 44.2 Å². The smallest absolute Gasteiger partial charge is 0.242 e. The molecular formula is C20H24N4O3. The van der Waals surface area contributed by atoms with Crippen LogP contribution in [-0.4, -0.2) is 61.0 Å². The van der Waals surface area contributed by atoms with Crippen LogP contribution in [0.25, 0.3) is 0 Å². The highest BCUT2D eigenvalue weighted by Gasteiger charge is 2.21. The molecule has 7 heteroatoms. The van der Waals surface area contributed by atoms with Crippen molar-refractivity contribution >= 4 is 17.6 Å². The van der Waals surface area contributed by atoms with Gasteiger partial charge in [-0.3, -0.25) is 9.59 Å². The van der Waals surface area contributed by atoms with Gasteiger partial charge >= 0.3 is 0 Å². The fourth-order valence-corrected chi connectivity index (χ4v) is 2.88. The molecular weight excluding hydrogens is 344 g/mol. The average molecular weight is 368 g/mol. The monoisotopic (exact) mass is 368 g/mol. The van der Waals surface area contributed by atoms with Crippen LogP contribution >= 0.6 is 0 Å². The Hall–Kier alpha value is -3.09. The largest absolute Gasteiger partial charge is 0.493 e. The lowest BCUT2D eigenvalue weighted by atomic mass is 10.3. The zero-order valence-corrected chi connectivity index (χ0v) is 15.2. The summed E-state index contributed by atoms with van der Waals surface area (Å²) in [7, 11) is 0. The molecule has 7 nitrogen and oxygen atoms in total. The van der Waals surface area contributed by atoms with Crippen molar-refractivity contribution in [2.24, 2.45) is 0 Å². The van der Waals surface area contributed by atoms with E-state index in [4.69, 9.17) is 4.74 Å². The molecule has 1 saturated heterocycles. The van der Waals surface area contributed by atoms with Gasteiger partial charge in [0.1, 0.15) is 11.6 Å². The van der Waals surface area contributed by atoms with E-state index in [0.29, 0.717) is 13.1 Å². The van der Waals surface area contributed by atoms with Crippen LogP contribution in [0.1, 0.15) is 6.42 Å². The van der Waals surface area contributed by atoms with Crippen LogP contribution in [0, 0.1) is 0 Å². The van der Waals surface area contributed by atoms with Gasteiger partial charge < -0.3 is 19.9 Å². The van der Waals surface area contributed by atoms with Crippen molar-refractivity contribution < 1.29 is 14.3 Å². The van der Waals surface area contributed by atoms with Crippen LogP contribution in [-0.2, 0) is 9.59 Å². The zero-order valence-electron chi connectivity index (χ0n) is 15.2. The summed E-state index contributed by atoms with van der Waals surface area (Å²) in [6, 6.07) is 15.1. The molecule has 1 aromatic heterocycles. The Morgan fingerprint density at radius 1 is 1.00 bits per heavy atom. The zero-order chi connectivity index (χ0) is 18.9. The van der Waals surface area contributed by atoms with E-state index in [9.17, 15) is 9.59 Å². The van der Waals surface area contributed by atoms with Gasteiger partial charge in [0.2, 0.25) is 11.8 Å². The second kappa shape index (κ2) is 9.56. The molecule has 0 bridgehead atoms. The van der Waals surface area contributed by atoms with Crippen molar-refractivity contribution in [1.29, 1.82) is 0 Å². The number of carbonyl (C=O) groups excluding carboxylic acids is 2. The number of carbonyl (C=O) groups is 2. The van der Waals surface area contributed by atoms with Crippen molar-refractivity contribution in [2.45, 2.75) is 6.42 Å². The number of piperazine rings is 1. The number of hydrogen-bond acceptors (Lipinski definition) is 5. The number of pyridine rings is 1. The van der Waals surface area contributed by atoms with Crippen molar-refractivity contribution in [3.63, 3.8) is 0 Å². The highest BCUT2D eigenvalue weighted by Crippen LogP contribution is 2.12. The minimum absolute atomic E-state index is 0.0216. The van der Waals surface area contributed by atoms with Gasteiger partial charge in [-0.25, -0.2) is 4.98 Å². The van der Waals surface area contributed by atoms with E-state index >= 15 is 0 Å². The topological polar surface area (TPSA) is 74.8 Å². The van der Waals surface area contributed by atoms with Gasteiger partial charge in [0.15, 0.2) is 0 Å². The molecule has 0 radical (unpaired) electrons. The van der Waals surface area contributed by atoms with E-state index in [0.717, 1.165) is 24.7 Å². The first-order valence-electron chi connectivity index (χ1n) is 9.10. The summed E-state index contributed by atoms with van der Waals surface area (Å²) in [6.45, 7) is 3.04. The lowest BCUT2D eigenvalue weighted by molar-refractivity contribution is -0.133. The van der Waals surface area contributed by atoms with Crippen LogP contribution in [0.4, 0.5) is 5.82 Å². The predicted molar refractivity (Wildman–Crippen MR) is 103 cm³/mol. The summed E-state index contributed by atoms with van der Waals surface area (Å²) in [4.78, 5) is 32.4. The number of nitrogens with one attached hydrogen (secondary N) is 1. The summed E-state index contributed by atoms with van der Waals surface area (Å²) in [5.74, 6) is 1.41. The van der Waals surface area contributed by atoms with E-state index < -0.39 is 0 Å². The number of ether oxygens (including phenoxy) is 1. The van der Waals surface area contributed by atoms with Gasteiger partial charge in [-0.15, -0.1) is 0 Å². The summed E-state index contributed by atoms with van der Waals surface area (Å²) in [5, 5.41) is 2.67. The highest BCUT2D eigenvalue weighted by atomic mass is 16.5. The molecule has 0 atom stereocenters. The standard InChI is InChI=1S/C20H24N4O3/c25-19(9-15-27-17-6-2-1-3-7-17)22-16-20(26)24-13-11-23(12-14-24)18-8-4-5-10-21-18/h1-8,10H,9,11-16H2,(H,22,25). The van der Waals surface area contributed by atoms with E-state index in [2.05, 4.69) is 15.2 Å². The fraction of sp³-hybridized carbons (Fsp3) is 0.350. The van der Waals surface area contributed by atoms with E-state index in [-0.39, 0.29) is 31.4 Å². The SMILES string of the molecule is O=C(CCOc1ccccc1)NCC(=O)N1CCN(c2ccccn2)CC1. The maximum absolute atomic E-state index is 12.3. The normalized spacial score (nSPS) is 13.9. The van der Waals surface area contributed by atoms with Crippen molar-refractivity contribution in [1.82, 2.24) is 15.2 Å². The first-order chi connectivity index (χ1) is 13.2. The highest BCUT2D eigenvalue weighted by molar-refractivity contribution is 5.84. The number of aromatic nitrogens is 1. The molecule has 0 saturated carbocycles. The van der Waals surface area contributed by atoms with Gasteiger partial charge in [-0.2, -0.15) is 0 Å². The Balaban J connectivity index is 1.33. The molecule has 0 spiro atoms. The molecule has 2 heterocycles. The summed E-state index contributed by atoms with van der Waals surface area (Å²) in [6.07, 6.45) is 1.99. The van der Waals surface area contributed by atoms with Crippen LogP contribution in [0.2, 0.25) is 0 Å². The number of anilines is 1. The van der Waals surface area contributed by atoms with Gasteiger partial charge in [0.25, 0.3) is 0 Å². The van der Waals surface area contributed by atoms with Gasteiger partial charge in [0, 0.05) is 32.4 Å². The molecule has 27 heavy (non-hydrogen) atoms. The number of nitrogens with zero attached hydrogens (tertiary/aromatic N) is 3. The van der Waals surface area contributed by atoms with E-state index in [1.807, 2.05) is 48.5 Å². The number of rotatable bonds is 7. The first kappa shape index (κ1) is 18.7. The summed E-state index contributed by atoms with van der Waals surface area (Å²) >= 11 is 0. The number of benzene rings is 1. The maximum Gasteiger partial charge on any atom is 0.242 e. The molecule has 1 aliphatic rings.